The van der Waals surface area contributed by atoms with Gasteiger partial charge in [0.15, 0.2) is 0 Å². The van der Waals surface area contributed by atoms with E-state index in [2.05, 4.69) is 37.3 Å². The lowest BCUT2D eigenvalue weighted by Crippen LogP contribution is -2.65. The molecule has 0 heteroatoms. The van der Waals surface area contributed by atoms with Gasteiger partial charge in [-0.1, -0.05) is 43.7 Å². The van der Waals surface area contributed by atoms with Crippen molar-refractivity contribution in [2.24, 2.45) is 28.6 Å². The van der Waals surface area contributed by atoms with Crippen LogP contribution >= 0.6 is 0 Å². The Morgan fingerprint density at radius 1 is 0.769 bits per heavy atom. The Morgan fingerprint density at radius 2 is 1.35 bits per heavy atom. The minimum atomic E-state index is 0.847. The molecule has 0 amide bonds. The smallest absolute Gasteiger partial charge is 0.0162 e. The van der Waals surface area contributed by atoms with Crippen LogP contribution in [0.5, 0.6) is 0 Å². The molecule has 0 spiro atoms. The summed E-state index contributed by atoms with van der Waals surface area (Å²) >= 11 is 0. The highest BCUT2D eigenvalue weighted by molar-refractivity contribution is 5.20. The molecule has 26 heavy (non-hydrogen) atoms. The van der Waals surface area contributed by atoms with Crippen LogP contribution in [0, 0.1) is 28.6 Å². The topological polar surface area (TPSA) is 0 Å². The fraction of sp³-hybridized carbons (Fsp3) is 0.769. The van der Waals surface area contributed by atoms with E-state index < -0.39 is 0 Å². The predicted molar refractivity (Wildman–Crippen MR) is 110 cm³/mol. The molecule has 0 saturated heterocycles. The first-order valence-electron chi connectivity index (χ1n) is 11.8. The Hall–Kier alpha value is -0.780. The summed E-state index contributed by atoms with van der Waals surface area (Å²) in [6, 6.07) is 11.3. The molecule has 0 nitrogen and oxygen atoms in total. The third kappa shape index (κ3) is 2.87. The van der Waals surface area contributed by atoms with Crippen LogP contribution < -0.4 is 0 Å². The van der Waals surface area contributed by atoms with Gasteiger partial charge in [0.05, 0.1) is 0 Å². The van der Waals surface area contributed by atoms with E-state index in [0.717, 1.165) is 34.5 Å². The molecule has 0 unspecified atom stereocenters. The van der Waals surface area contributed by atoms with Gasteiger partial charge in [-0.05, 0) is 117 Å². The molecule has 2 bridgehead atoms. The second kappa shape index (κ2) is 6.68. The van der Waals surface area contributed by atoms with E-state index in [0.29, 0.717) is 0 Å². The normalized spacial score (nSPS) is 44.8. The summed E-state index contributed by atoms with van der Waals surface area (Å²) in [6.45, 7) is 2.38. The molecule has 0 aromatic heterocycles. The second-order valence-electron chi connectivity index (χ2n) is 10.8. The first kappa shape index (κ1) is 17.3. The fourth-order valence-electron chi connectivity index (χ4n) is 8.17. The van der Waals surface area contributed by atoms with Crippen molar-refractivity contribution in [1.29, 1.82) is 0 Å². The minimum absolute atomic E-state index is 0.847. The number of hydrogen-bond donors (Lipinski definition) is 0. The van der Waals surface area contributed by atoms with E-state index in [4.69, 9.17) is 0 Å². The average Bonchev–Trinajstić information content (AvgIpc) is 2.65. The van der Waals surface area contributed by atoms with Crippen molar-refractivity contribution in [1.82, 2.24) is 0 Å². The molecule has 142 valence electrons. The Bertz CT molecular complexity index is 578. The summed E-state index contributed by atoms with van der Waals surface area (Å²) in [5, 5.41) is 0. The maximum absolute atomic E-state index is 2.38. The van der Waals surface area contributed by atoms with Crippen molar-refractivity contribution < 1.29 is 0 Å². The number of rotatable bonds is 5. The maximum atomic E-state index is 2.38. The molecule has 0 N–H and O–H groups in total. The summed E-state index contributed by atoms with van der Waals surface area (Å²) in [4.78, 5) is 0. The van der Waals surface area contributed by atoms with Gasteiger partial charge in [0.25, 0.3) is 0 Å². The van der Waals surface area contributed by atoms with Gasteiger partial charge in [-0.3, -0.25) is 0 Å². The molecule has 5 fully saturated rings. The van der Waals surface area contributed by atoms with Gasteiger partial charge in [-0.25, -0.2) is 0 Å². The molecule has 0 aliphatic heterocycles. The SMILES string of the molecule is CCCC12CC([C@H]3CC[C@H](C4CCC(c5ccccc5)CC4)CC3)(C1)C2. The van der Waals surface area contributed by atoms with Crippen molar-refractivity contribution in [3.05, 3.63) is 35.9 Å². The van der Waals surface area contributed by atoms with Gasteiger partial charge in [0, 0.05) is 0 Å². The zero-order valence-electron chi connectivity index (χ0n) is 16.9. The van der Waals surface area contributed by atoms with Gasteiger partial charge < -0.3 is 0 Å². The maximum Gasteiger partial charge on any atom is -0.0162 e. The van der Waals surface area contributed by atoms with E-state index in [-0.39, 0.29) is 0 Å². The zero-order chi connectivity index (χ0) is 17.6. The Balaban J connectivity index is 1.09. The summed E-state index contributed by atoms with van der Waals surface area (Å²) in [5.41, 5.74) is 3.30. The lowest BCUT2D eigenvalue weighted by molar-refractivity contribution is -0.246. The molecule has 0 radical (unpaired) electrons. The molecular weight excluding hydrogens is 312 g/mol. The molecule has 1 aromatic carbocycles. The van der Waals surface area contributed by atoms with Gasteiger partial charge in [-0.15, -0.1) is 0 Å². The van der Waals surface area contributed by atoms with Crippen LogP contribution in [0.1, 0.15) is 102 Å². The molecule has 5 saturated carbocycles. The van der Waals surface area contributed by atoms with Crippen molar-refractivity contribution in [3.63, 3.8) is 0 Å². The van der Waals surface area contributed by atoms with Crippen LogP contribution in [0.4, 0.5) is 0 Å². The van der Waals surface area contributed by atoms with Crippen LogP contribution in [0.3, 0.4) is 0 Å². The molecule has 0 heterocycles. The monoisotopic (exact) mass is 350 g/mol. The molecule has 1 aromatic rings. The van der Waals surface area contributed by atoms with E-state index in [1.54, 1.807) is 50.5 Å². The first-order chi connectivity index (χ1) is 12.7. The summed E-state index contributed by atoms with van der Waals surface area (Å²) in [5.74, 6) is 4.08. The van der Waals surface area contributed by atoms with Crippen molar-refractivity contribution in [2.45, 2.75) is 96.3 Å². The third-order valence-corrected chi connectivity index (χ3v) is 9.31. The Morgan fingerprint density at radius 3 is 1.92 bits per heavy atom. The second-order valence-corrected chi connectivity index (χ2v) is 10.8. The van der Waals surface area contributed by atoms with Crippen molar-refractivity contribution in [3.8, 4) is 0 Å². The average molecular weight is 351 g/mol. The van der Waals surface area contributed by atoms with Crippen LogP contribution in [-0.4, -0.2) is 0 Å². The highest BCUT2D eigenvalue weighted by atomic mass is 14.7. The van der Waals surface area contributed by atoms with Gasteiger partial charge >= 0.3 is 0 Å². The van der Waals surface area contributed by atoms with Gasteiger partial charge in [0.1, 0.15) is 0 Å². The van der Waals surface area contributed by atoms with Crippen LogP contribution in [0.15, 0.2) is 30.3 Å². The molecule has 5 aliphatic carbocycles. The standard InChI is InChI=1S/C26H38/c1-2-16-25-17-26(18-25,19-25)24-14-12-23(13-15-24)22-10-8-21(9-11-22)20-6-4-3-5-7-20/h3-7,21-24H,2,8-19H2,1H3/t21?,22?,23-,24-,25?,26?. The van der Waals surface area contributed by atoms with E-state index in [1.807, 2.05) is 0 Å². The van der Waals surface area contributed by atoms with Crippen LogP contribution in [0.2, 0.25) is 0 Å². The van der Waals surface area contributed by atoms with Crippen molar-refractivity contribution in [2.75, 3.05) is 0 Å². The number of hydrogen-bond acceptors (Lipinski definition) is 0. The number of benzene rings is 1. The summed E-state index contributed by atoms with van der Waals surface area (Å²) in [7, 11) is 0. The molecule has 6 rings (SSSR count). The van der Waals surface area contributed by atoms with Gasteiger partial charge in [0.2, 0.25) is 0 Å². The fourth-order valence-corrected chi connectivity index (χ4v) is 8.17. The van der Waals surface area contributed by atoms with E-state index in [9.17, 15) is 0 Å². The minimum Gasteiger partial charge on any atom is -0.0654 e. The van der Waals surface area contributed by atoms with Crippen molar-refractivity contribution >= 4 is 0 Å². The van der Waals surface area contributed by atoms with Crippen LogP contribution in [-0.2, 0) is 0 Å². The largest absolute Gasteiger partial charge is 0.0654 e. The van der Waals surface area contributed by atoms with E-state index >= 15 is 0 Å². The Labute approximate surface area is 161 Å². The van der Waals surface area contributed by atoms with Crippen LogP contribution in [0.25, 0.3) is 0 Å². The quantitative estimate of drug-likeness (QED) is 0.509. The molecular formula is C26H38. The highest BCUT2D eigenvalue weighted by Gasteiger charge is 2.68. The van der Waals surface area contributed by atoms with E-state index in [1.165, 1.54) is 38.5 Å². The highest BCUT2D eigenvalue weighted by Crippen LogP contribution is 2.79. The molecule has 5 aliphatic rings. The summed E-state index contributed by atoms with van der Waals surface area (Å²) in [6.07, 6.45) is 19.9. The van der Waals surface area contributed by atoms with Gasteiger partial charge in [-0.2, -0.15) is 0 Å². The Kier molecular flexibility index (Phi) is 4.45. The zero-order valence-corrected chi connectivity index (χ0v) is 16.9. The first-order valence-corrected chi connectivity index (χ1v) is 11.8. The molecule has 0 atom stereocenters. The summed E-state index contributed by atoms with van der Waals surface area (Å²) < 4.78 is 0. The lowest BCUT2D eigenvalue weighted by atomic mass is 9.30. The lowest BCUT2D eigenvalue weighted by Gasteiger charge is -2.75. The third-order valence-electron chi connectivity index (χ3n) is 9.31. The predicted octanol–water partition coefficient (Wildman–Crippen LogP) is 7.74.